The second-order valence-electron chi connectivity index (χ2n) is 5.05. The third-order valence-electron chi connectivity index (χ3n) is 3.04. The fourth-order valence-corrected chi connectivity index (χ4v) is 1.93. The van der Waals surface area contributed by atoms with E-state index in [1.165, 1.54) is 11.1 Å². The van der Waals surface area contributed by atoms with Gasteiger partial charge in [-0.15, -0.1) is 0 Å². The minimum absolute atomic E-state index is 0.0199. The van der Waals surface area contributed by atoms with Crippen molar-refractivity contribution in [3.8, 4) is 0 Å². The van der Waals surface area contributed by atoms with Crippen molar-refractivity contribution in [3.05, 3.63) is 47.8 Å². The van der Waals surface area contributed by atoms with Gasteiger partial charge in [-0.2, -0.15) is 0 Å². The molecule has 0 fully saturated rings. The predicted octanol–water partition coefficient (Wildman–Crippen LogP) is 3.94. The van der Waals surface area contributed by atoms with Crippen LogP contribution in [0, 0.1) is 5.92 Å². The highest BCUT2D eigenvalue weighted by Gasteiger charge is 2.20. The molecule has 0 bridgehead atoms. The summed E-state index contributed by atoms with van der Waals surface area (Å²) in [5, 5.41) is 3.47. The molecule has 2 nitrogen and oxygen atoms in total. The molecular formula is C16H25NO. The lowest BCUT2D eigenvalue weighted by Crippen LogP contribution is -2.36. The van der Waals surface area contributed by atoms with Crippen LogP contribution in [-0.2, 0) is 4.74 Å². The van der Waals surface area contributed by atoms with Gasteiger partial charge in [0.25, 0.3) is 0 Å². The van der Waals surface area contributed by atoms with Gasteiger partial charge in [-0.05, 0) is 37.8 Å². The van der Waals surface area contributed by atoms with Crippen LogP contribution in [0.2, 0.25) is 0 Å². The molecule has 0 aliphatic carbocycles. The summed E-state index contributed by atoms with van der Waals surface area (Å²) in [4.78, 5) is 0. The molecule has 0 aromatic carbocycles. The average molecular weight is 247 g/mol. The van der Waals surface area contributed by atoms with Crippen molar-refractivity contribution in [2.75, 3.05) is 6.54 Å². The summed E-state index contributed by atoms with van der Waals surface area (Å²) in [5.41, 5.74) is 2.64. The lowest BCUT2D eigenvalue weighted by Gasteiger charge is -2.28. The quantitative estimate of drug-likeness (QED) is 0.718. The first-order valence-electron chi connectivity index (χ1n) is 6.61. The van der Waals surface area contributed by atoms with Crippen molar-refractivity contribution in [1.82, 2.24) is 5.32 Å². The molecule has 1 aliphatic heterocycles. The van der Waals surface area contributed by atoms with Crippen LogP contribution in [0.1, 0.15) is 34.1 Å². The third kappa shape index (κ3) is 4.53. The second kappa shape index (κ2) is 7.22. The molecule has 1 N–H and O–H groups in total. The minimum Gasteiger partial charge on any atom is -0.476 e. The monoisotopic (exact) mass is 247 g/mol. The molecule has 0 saturated carbocycles. The Morgan fingerprint density at radius 2 is 2.22 bits per heavy atom. The van der Waals surface area contributed by atoms with Crippen LogP contribution < -0.4 is 5.32 Å². The minimum atomic E-state index is 0.0199. The molecule has 0 amide bonds. The fourth-order valence-electron chi connectivity index (χ4n) is 1.93. The Morgan fingerprint density at radius 1 is 1.50 bits per heavy atom. The Hall–Kier alpha value is -1.28. The van der Waals surface area contributed by atoms with E-state index in [0.29, 0.717) is 5.92 Å². The van der Waals surface area contributed by atoms with Crippen molar-refractivity contribution < 1.29 is 4.74 Å². The van der Waals surface area contributed by atoms with Gasteiger partial charge in [0.1, 0.15) is 0 Å². The van der Waals surface area contributed by atoms with Gasteiger partial charge in [-0.25, -0.2) is 0 Å². The smallest absolute Gasteiger partial charge is 0.172 e. The Morgan fingerprint density at radius 3 is 2.83 bits per heavy atom. The normalized spacial score (nSPS) is 20.3. The Bertz CT molecular complexity index is 375. The molecule has 1 heterocycles. The summed E-state index contributed by atoms with van der Waals surface area (Å²) in [6, 6.07) is 0. The van der Waals surface area contributed by atoms with Crippen LogP contribution in [0.25, 0.3) is 0 Å². The van der Waals surface area contributed by atoms with Crippen molar-refractivity contribution >= 4 is 0 Å². The van der Waals surface area contributed by atoms with Crippen molar-refractivity contribution in [2.24, 2.45) is 5.92 Å². The highest BCUT2D eigenvalue weighted by molar-refractivity contribution is 5.23. The second-order valence-corrected chi connectivity index (χ2v) is 5.05. The first-order valence-corrected chi connectivity index (χ1v) is 6.61. The molecule has 2 heteroatoms. The fraction of sp³-hybridized carbons (Fsp3) is 0.500. The van der Waals surface area contributed by atoms with Gasteiger partial charge in [-0.3, -0.25) is 5.32 Å². The summed E-state index contributed by atoms with van der Waals surface area (Å²) in [6.45, 7) is 13.1. The summed E-state index contributed by atoms with van der Waals surface area (Å²) >= 11 is 0. The summed E-state index contributed by atoms with van der Waals surface area (Å²) in [7, 11) is 0. The van der Waals surface area contributed by atoms with Gasteiger partial charge in [0.15, 0.2) is 6.23 Å². The summed E-state index contributed by atoms with van der Waals surface area (Å²) < 4.78 is 5.84. The average Bonchev–Trinajstić information content (AvgIpc) is 2.29. The van der Waals surface area contributed by atoms with Crippen molar-refractivity contribution in [1.29, 1.82) is 0 Å². The van der Waals surface area contributed by atoms with Crippen LogP contribution in [0.4, 0.5) is 0 Å². The maximum atomic E-state index is 5.84. The lowest BCUT2D eigenvalue weighted by atomic mass is 9.99. The molecule has 100 valence electrons. The SMILES string of the molecule is C=C/C=C(\C)CCNC1OC(C)=CC=C1C(C)C. The van der Waals surface area contributed by atoms with Crippen LogP contribution in [-0.4, -0.2) is 12.8 Å². The molecule has 18 heavy (non-hydrogen) atoms. The predicted molar refractivity (Wildman–Crippen MR) is 78.1 cm³/mol. The van der Waals surface area contributed by atoms with Crippen LogP contribution in [0.3, 0.4) is 0 Å². The first-order chi connectivity index (χ1) is 8.54. The zero-order chi connectivity index (χ0) is 13.5. The first kappa shape index (κ1) is 14.8. The van der Waals surface area contributed by atoms with E-state index in [1.54, 1.807) is 0 Å². The number of allylic oxidation sites excluding steroid dienone is 5. The van der Waals surface area contributed by atoms with Gasteiger partial charge in [0.05, 0.1) is 5.76 Å². The number of hydrogen-bond acceptors (Lipinski definition) is 2. The van der Waals surface area contributed by atoms with E-state index in [4.69, 9.17) is 4.74 Å². The van der Waals surface area contributed by atoms with Gasteiger partial charge >= 0.3 is 0 Å². The zero-order valence-electron chi connectivity index (χ0n) is 12.0. The van der Waals surface area contributed by atoms with Crippen LogP contribution in [0.15, 0.2) is 47.8 Å². The maximum absolute atomic E-state index is 5.84. The number of nitrogens with one attached hydrogen (secondary N) is 1. The number of rotatable bonds is 6. The highest BCUT2D eigenvalue weighted by atomic mass is 16.5. The van der Waals surface area contributed by atoms with Crippen molar-refractivity contribution in [2.45, 2.75) is 40.3 Å². The zero-order valence-corrected chi connectivity index (χ0v) is 12.0. The van der Waals surface area contributed by atoms with Gasteiger partial charge in [-0.1, -0.05) is 44.2 Å². The molecule has 1 atom stereocenters. The van der Waals surface area contributed by atoms with Gasteiger partial charge in [0, 0.05) is 6.54 Å². The van der Waals surface area contributed by atoms with E-state index in [9.17, 15) is 0 Å². The Balaban J connectivity index is 2.51. The lowest BCUT2D eigenvalue weighted by molar-refractivity contribution is 0.106. The summed E-state index contributed by atoms with van der Waals surface area (Å²) in [6.07, 6.45) is 9.13. The molecule has 1 aliphatic rings. The van der Waals surface area contributed by atoms with E-state index >= 15 is 0 Å². The highest BCUT2D eigenvalue weighted by Crippen LogP contribution is 2.22. The van der Waals surface area contributed by atoms with E-state index in [2.05, 4.69) is 38.7 Å². The molecule has 0 aromatic rings. The van der Waals surface area contributed by atoms with E-state index in [0.717, 1.165) is 18.7 Å². The largest absolute Gasteiger partial charge is 0.476 e. The molecular weight excluding hydrogens is 222 g/mol. The third-order valence-corrected chi connectivity index (χ3v) is 3.04. The molecule has 1 rings (SSSR count). The van der Waals surface area contributed by atoms with E-state index < -0.39 is 0 Å². The number of hydrogen-bond donors (Lipinski definition) is 1. The van der Waals surface area contributed by atoms with E-state index in [1.807, 2.05) is 25.2 Å². The van der Waals surface area contributed by atoms with Gasteiger partial charge < -0.3 is 4.74 Å². The van der Waals surface area contributed by atoms with Crippen LogP contribution in [0.5, 0.6) is 0 Å². The van der Waals surface area contributed by atoms with Crippen LogP contribution >= 0.6 is 0 Å². The Kier molecular flexibility index (Phi) is 5.93. The molecule has 0 saturated heterocycles. The van der Waals surface area contributed by atoms with E-state index in [-0.39, 0.29) is 6.23 Å². The topological polar surface area (TPSA) is 21.3 Å². The molecule has 0 radical (unpaired) electrons. The Labute approximate surface area is 111 Å². The molecule has 0 aromatic heterocycles. The maximum Gasteiger partial charge on any atom is 0.172 e. The molecule has 0 spiro atoms. The van der Waals surface area contributed by atoms with Crippen molar-refractivity contribution in [3.63, 3.8) is 0 Å². The standard InChI is InChI=1S/C16H25NO/c1-6-7-13(4)10-11-17-16-15(12(2)3)9-8-14(5)18-16/h6-9,12,16-17H,1,10-11H2,2-5H3/b13-7+. The van der Waals surface area contributed by atoms with Gasteiger partial charge in [0.2, 0.25) is 0 Å². The number of ether oxygens (including phenoxy) is 1. The molecule has 1 unspecified atom stereocenters. The summed E-state index contributed by atoms with van der Waals surface area (Å²) in [5.74, 6) is 1.46.